The van der Waals surface area contributed by atoms with Crippen molar-refractivity contribution in [3.05, 3.63) is 43.0 Å². The average Bonchev–Trinajstić information content (AvgIpc) is 3.42. The van der Waals surface area contributed by atoms with Gasteiger partial charge in [-0.2, -0.15) is 5.09 Å². The van der Waals surface area contributed by atoms with Crippen molar-refractivity contribution in [2.45, 2.75) is 37.9 Å². The molecule has 1 aromatic carbocycles. The summed E-state index contributed by atoms with van der Waals surface area (Å²) in [6, 6.07) is 7.23. The first kappa shape index (κ1) is 24.0. The van der Waals surface area contributed by atoms with Crippen LogP contribution in [0.1, 0.15) is 19.6 Å². The number of nitrogens with two attached hydrogens (primary N) is 1. The van der Waals surface area contributed by atoms with E-state index in [1.54, 1.807) is 34.9 Å². The molecule has 1 fully saturated rings. The number of ether oxygens (including phenoxy) is 2. The predicted octanol–water partition coefficient (Wildman–Crippen LogP) is 2.39. The number of nitrogens with one attached hydrogen (secondary N) is 1. The van der Waals surface area contributed by atoms with Crippen LogP contribution in [-0.4, -0.2) is 57.5 Å². The summed E-state index contributed by atoms with van der Waals surface area (Å²) >= 11 is 0. The summed E-state index contributed by atoms with van der Waals surface area (Å²) in [5.74, 6) is -0.239. The first-order valence-electron chi connectivity index (χ1n) is 10.4. The highest BCUT2D eigenvalue weighted by atomic mass is 31.2. The molecular weight excluding hydrogens is 470 g/mol. The van der Waals surface area contributed by atoms with Crippen LogP contribution in [0.15, 0.2) is 43.0 Å². The van der Waals surface area contributed by atoms with Gasteiger partial charge in [0.15, 0.2) is 11.5 Å². The normalized spacial score (nSPS) is 22.9. The third-order valence-electron chi connectivity index (χ3n) is 5.14. The van der Waals surface area contributed by atoms with Crippen molar-refractivity contribution in [1.29, 1.82) is 0 Å². The molecule has 1 saturated heterocycles. The van der Waals surface area contributed by atoms with Crippen molar-refractivity contribution < 1.29 is 32.3 Å². The number of methoxy groups -OCH3 is 1. The van der Waals surface area contributed by atoms with Crippen LogP contribution in [0.2, 0.25) is 0 Å². The zero-order chi connectivity index (χ0) is 24.3. The maximum atomic E-state index is 14.8. The average molecular weight is 494 g/mol. The van der Waals surface area contributed by atoms with E-state index in [1.807, 2.05) is 0 Å². The van der Waals surface area contributed by atoms with Crippen LogP contribution in [0.3, 0.4) is 0 Å². The minimum atomic E-state index is -4.12. The molecule has 2 aromatic heterocycles. The smallest absolute Gasteiger partial charge is 0.459 e. The second-order valence-electron chi connectivity index (χ2n) is 7.54. The molecule has 1 unspecified atom stereocenters. The van der Waals surface area contributed by atoms with Gasteiger partial charge in [0.05, 0.1) is 20.0 Å². The number of nitrogen functional groups attached to an aromatic ring is 1. The van der Waals surface area contributed by atoms with Gasteiger partial charge in [-0.3, -0.25) is 13.9 Å². The van der Waals surface area contributed by atoms with Gasteiger partial charge in [0.2, 0.25) is 0 Å². The van der Waals surface area contributed by atoms with Crippen molar-refractivity contribution in [1.82, 2.24) is 24.6 Å². The molecule has 0 aliphatic carbocycles. The van der Waals surface area contributed by atoms with Gasteiger partial charge >= 0.3 is 13.7 Å². The third-order valence-corrected chi connectivity index (χ3v) is 6.79. The monoisotopic (exact) mass is 494 g/mol. The summed E-state index contributed by atoms with van der Waals surface area (Å²) < 4.78 is 51.3. The lowest BCUT2D eigenvalue weighted by Crippen LogP contribution is -2.35. The van der Waals surface area contributed by atoms with Gasteiger partial charge in [0, 0.05) is 6.42 Å². The number of para-hydroxylation sites is 1. The number of carbonyl (C=O) groups is 1. The zero-order valence-electron chi connectivity index (χ0n) is 18.4. The number of fused-ring (bicyclic) bond motifs is 1. The van der Waals surface area contributed by atoms with Crippen LogP contribution in [-0.2, 0) is 23.4 Å². The Morgan fingerprint density at radius 3 is 2.85 bits per heavy atom. The van der Waals surface area contributed by atoms with Gasteiger partial charge in [0.25, 0.3) is 0 Å². The van der Waals surface area contributed by atoms with Crippen LogP contribution in [0.5, 0.6) is 5.75 Å². The number of anilines is 1. The highest BCUT2D eigenvalue weighted by Crippen LogP contribution is 2.46. The summed E-state index contributed by atoms with van der Waals surface area (Å²) in [5, 5.41) is 2.51. The second kappa shape index (κ2) is 10.0. The Bertz CT molecular complexity index is 1200. The molecule has 0 bridgehead atoms. The summed E-state index contributed by atoms with van der Waals surface area (Å²) in [7, 11) is -2.93. The number of imidazole rings is 1. The molecule has 1 aliphatic rings. The van der Waals surface area contributed by atoms with Gasteiger partial charge in [-0.1, -0.05) is 18.2 Å². The fraction of sp³-hybridized carbons (Fsp3) is 0.400. The molecule has 0 saturated carbocycles. The van der Waals surface area contributed by atoms with Gasteiger partial charge in [-0.15, -0.1) is 0 Å². The lowest BCUT2D eigenvalue weighted by atomic mass is 10.2. The SMILES string of the molecule is COC(=O)[C@H](C)NP(=O)(OC[C@H]1O[C@@H](n2cnc3c(N)ncnc32)C[C@@H]1F)Oc1ccccc1. The fourth-order valence-electron chi connectivity index (χ4n) is 3.44. The number of alkyl halides is 1. The molecule has 12 nitrogen and oxygen atoms in total. The molecular formula is C20H24FN6O6P. The fourth-order valence-corrected chi connectivity index (χ4v) is 4.94. The molecule has 3 aromatic rings. The number of nitrogens with zero attached hydrogens (tertiary/aromatic N) is 4. The molecule has 5 atom stereocenters. The Kier molecular flexibility index (Phi) is 7.08. The number of carbonyl (C=O) groups excluding carboxylic acids is 1. The standard InChI is InChI=1S/C20H24FN6O6P/c1-12(20(28)30-2)26-34(29,33-13-6-4-3-5-7-13)31-9-15-14(21)8-16(32-15)27-11-25-17-18(22)23-10-24-19(17)27/h3-7,10-12,14-16H,8-9H2,1-2H3,(H,26,29)(H2,22,23,24)/t12-,14-,15+,16+,34?/m0/s1. The second-order valence-corrected chi connectivity index (χ2v) is 9.23. The Morgan fingerprint density at radius 1 is 1.35 bits per heavy atom. The van der Waals surface area contributed by atoms with E-state index in [0.717, 1.165) is 0 Å². The molecule has 182 valence electrons. The zero-order valence-corrected chi connectivity index (χ0v) is 19.3. The topological polar surface area (TPSA) is 153 Å². The lowest BCUT2D eigenvalue weighted by molar-refractivity contribution is -0.142. The van der Waals surface area contributed by atoms with E-state index in [1.165, 1.54) is 26.7 Å². The highest BCUT2D eigenvalue weighted by molar-refractivity contribution is 7.52. The Hall–Kier alpha value is -3.12. The van der Waals surface area contributed by atoms with E-state index in [9.17, 15) is 13.8 Å². The Morgan fingerprint density at radius 2 is 2.12 bits per heavy atom. The molecule has 3 heterocycles. The molecule has 0 spiro atoms. The molecule has 34 heavy (non-hydrogen) atoms. The number of rotatable bonds is 9. The van der Waals surface area contributed by atoms with E-state index < -0.39 is 44.9 Å². The van der Waals surface area contributed by atoms with Gasteiger partial charge in [-0.25, -0.2) is 23.9 Å². The van der Waals surface area contributed by atoms with Crippen molar-refractivity contribution in [3.8, 4) is 5.75 Å². The molecule has 14 heteroatoms. The van der Waals surface area contributed by atoms with Crippen LogP contribution in [0.25, 0.3) is 11.2 Å². The van der Waals surface area contributed by atoms with Crippen molar-refractivity contribution in [2.24, 2.45) is 0 Å². The minimum Gasteiger partial charge on any atom is -0.468 e. The summed E-state index contributed by atoms with van der Waals surface area (Å²) in [4.78, 5) is 24.0. The van der Waals surface area contributed by atoms with Crippen LogP contribution in [0.4, 0.5) is 10.2 Å². The first-order valence-corrected chi connectivity index (χ1v) is 11.9. The number of hydrogen-bond donors (Lipinski definition) is 2. The van der Waals surface area contributed by atoms with E-state index >= 15 is 0 Å². The quantitative estimate of drug-likeness (QED) is 0.333. The Labute approximate surface area is 194 Å². The van der Waals surface area contributed by atoms with Gasteiger partial charge in [-0.05, 0) is 19.1 Å². The highest BCUT2D eigenvalue weighted by Gasteiger charge is 2.40. The number of benzene rings is 1. The number of aromatic nitrogens is 4. The largest absolute Gasteiger partial charge is 0.468 e. The predicted molar refractivity (Wildman–Crippen MR) is 118 cm³/mol. The number of esters is 1. The van der Waals surface area contributed by atoms with E-state index in [-0.39, 0.29) is 18.0 Å². The summed E-state index contributed by atoms with van der Waals surface area (Å²) in [6.07, 6.45) is -0.531. The molecule has 1 aliphatic heterocycles. The molecule has 0 radical (unpaired) electrons. The third kappa shape index (κ3) is 5.17. The summed E-state index contributed by atoms with van der Waals surface area (Å²) in [6.45, 7) is 1.03. The van der Waals surface area contributed by atoms with E-state index in [2.05, 4.69) is 24.8 Å². The van der Waals surface area contributed by atoms with E-state index in [4.69, 9.17) is 19.5 Å². The van der Waals surface area contributed by atoms with Gasteiger partial charge in [0.1, 0.15) is 42.1 Å². The van der Waals surface area contributed by atoms with Crippen molar-refractivity contribution in [2.75, 3.05) is 19.5 Å². The van der Waals surface area contributed by atoms with Crippen molar-refractivity contribution in [3.63, 3.8) is 0 Å². The maximum absolute atomic E-state index is 14.8. The number of hydrogen-bond acceptors (Lipinski definition) is 10. The lowest BCUT2D eigenvalue weighted by Gasteiger charge is -2.24. The van der Waals surface area contributed by atoms with Crippen LogP contribution >= 0.6 is 7.75 Å². The van der Waals surface area contributed by atoms with Crippen molar-refractivity contribution >= 4 is 30.7 Å². The van der Waals surface area contributed by atoms with Crippen LogP contribution in [0, 0.1) is 0 Å². The first-order chi connectivity index (χ1) is 16.3. The molecule has 3 N–H and O–H groups in total. The molecule has 0 amide bonds. The van der Waals surface area contributed by atoms with Crippen LogP contribution < -0.4 is 15.3 Å². The van der Waals surface area contributed by atoms with Gasteiger partial charge < -0.3 is 19.7 Å². The molecule has 4 rings (SSSR count). The summed E-state index contributed by atoms with van der Waals surface area (Å²) in [5.41, 5.74) is 6.58. The minimum absolute atomic E-state index is 0.0147. The maximum Gasteiger partial charge on any atom is 0.459 e. The Balaban J connectivity index is 1.47. The number of halogens is 1. The van der Waals surface area contributed by atoms with E-state index in [0.29, 0.717) is 11.2 Å².